The van der Waals surface area contributed by atoms with Crippen molar-refractivity contribution < 1.29 is 13.2 Å². The van der Waals surface area contributed by atoms with Crippen LogP contribution in [0.5, 0.6) is 0 Å². The lowest BCUT2D eigenvalue weighted by molar-refractivity contribution is -0.488. The summed E-state index contributed by atoms with van der Waals surface area (Å²) in [6.45, 7) is 10.9. The van der Waals surface area contributed by atoms with Gasteiger partial charge in [0.15, 0.2) is 12.4 Å². The summed E-state index contributed by atoms with van der Waals surface area (Å²) in [7, 11) is 0. The van der Waals surface area contributed by atoms with Gasteiger partial charge in [-0.3, -0.25) is 0 Å². The second-order valence-corrected chi connectivity index (χ2v) is 11.8. The van der Waals surface area contributed by atoms with E-state index in [0.717, 1.165) is 32.8 Å². The molecule has 4 aromatic carbocycles. The van der Waals surface area contributed by atoms with Crippen molar-refractivity contribution in [3.05, 3.63) is 131 Å². The summed E-state index contributed by atoms with van der Waals surface area (Å²) in [6.07, 6.45) is 4.50. The van der Waals surface area contributed by atoms with Gasteiger partial charge in [0, 0.05) is 52.2 Å². The van der Waals surface area contributed by atoms with Crippen LogP contribution in [0.2, 0.25) is 0 Å². The summed E-state index contributed by atoms with van der Waals surface area (Å²) in [5, 5.41) is 6.99. The zero-order valence-corrected chi connectivity index (χ0v) is 24.6. The zero-order chi connectivity index (χ0) is 28.7. The summed E-state index contributed by atoms with van der Waals surface area (Å²) in [5.41, 5.74) is 12.6. The van der Waals surface area contributed by atoms with Gasteiger partial charge in [-0.1, -0.05) is 42.5 Å². The lowest BCUT2D eigenvalue weighted by Crippen LogP contribution is -2.28. The first-order valence-electron chi connectivity index (χ1n) is 14.6. The van der Waals surface area contributed by atoms with Crippen LogP contribution in [0, 0.1) is 34.6 Å². The molecule has 3 nitrogen and oxygen atoms in total. The van der Waals surface area contributed by atoms with E-state index in [1.165, 1.54) is 60.5 Å². The molecule has 8 rings (SSSR count). The average molecular weight is 545 g/mol. The van der Waals surface area contributed by atoms with Gasteiger partial charge in [-0.15, -0.1) is 0 Å². The van der Waals surface area contributed by atoms with Gasteiger partial charge in [0.25, 0.3) is 0 Å². The van der Waals surface area contributed by atoms with Gasteiger partial charge in [-0.05, 0) is 80.3 Å². The molecule has 202 valence electrons. The molecule has 0 aliphatic rings. The molecular formula is C39H32N2O+2. The van der Waals surface area contributed by atoms with Crippen LogP contribution < -0.4 is 8.80 Å². The third-order valence-electron chi connectivity index (χ3n) is 9.00. The highest BCUT2D eigenvalue weighted by atomic mass is 16.3. The Hall–Kier alpha value is -5.02. The molecule has 42 heavy (non-hydrogen) atoms. The van der Waals surface area contributed by atoms with Crippen LogP contribution in [0.4, 0.5) is 0 Å². The van der Waals surface area contributed by atoms with Crippen LogP contribution in [0.15, 0.2) is 108 Å². The maximum atomic E-state index is 6.86. The van der Waals surface area contributed by atoms with E-state index in [4.69, 9.17) is 4.42 Å². The van der Waals surface area contributed by atoms with Crippen LogP contribution in [0.1, 0.15) is 27.8 Å². The van der Waals surface area contributed by atoms with Crippen molar-refractivity contribution in [2.75, 3.05) is 0 Å². The summed E-state index contributed by atoms with van der Waals surface area (Å²) >= 11 is 0. The second kappa shape index (κ2) is 8.99. The Morgan fingerprint density at radius 1 is 0.476 bits per heavy atom. The van der Waals surface area contributed by atoms with E-state index in [-0.39, 0.29) is 0 Å². The molecule has 4 heterocycles. The van der Waals surface area contributed by atoms with Crippen molar-refractivity contribution in [2.24, 2.45) is 0 Å². The molecule has 0 N–H and O–H groups in total. The summed E-state index contributed by atoms with van der Waals surface area (Å²) in [5.74, 6) is 0. The van der Waals surface area contributed by atoms with Gasteiger partial charge in [-0.2, -0.15) is 8.80 Å². The fraction of sp³-hybridized carbons (Fsp3) is 0.128. The smallest absolute Gasteiger partial charge is 0.228 e. The number of hydrogen-bond donors (Lipinski definition) is 0. The van der Waals surface area contributed by atoms with Gasteiger partial charge in [0.05, 0.1) is 0 Å². The summed E-state index contributed by atoms with van der Waals surface area (Å²) in [4.78, 5) is 0. The van der Waals surface area contributed by atoms with Gasteiger partial charge in [-0.25, -0.2) is 0 Å². The molecule has 0 aliphatic heterocycles. The average Bonchev–Trinajstić information content (AvgIpc) is 3.12. The molecule has 0 saturated carbocycles. The van der Waals surface area contributed by atoms with E-state index >= 15 is 0 Å². The van der Waals surface area contributed by atoms with Crippen LogP contribution >= 0.6 is 0 Å². The van der Waals surface area contributed by atoms with E-state index < -0.39 is 0 Å². The normalized spacial score (nSPS) is 11.9. The predicted molar refractivity (Wildman–Crippen MR) is 174 cm³/mol. The number of nitrogens with zero attached hydrogens (tertiary/aromatic N) is 2. The van der Waals surface area contributed by atoms with Crippen molar-refractivity contribution in [1.82, 2.24) is 0 Å². The number of benzene rings is 4. The summed E-state index contributed by atoms with van der Waals surface area (Å²) in [6, 6.07) is 33.2. The van der Waals surface area contributed by atoms with E-state index in [1.54, 1.807) is 0 Å². The van der Waals surface area contributed by atoms with E-state index in [0.29, 0.717) is 0 Å². The lowest BCUT2D eigenvalue weighted by atomic mass is 10.0. The Labute approximate surface area is 244 Å². The summed E-state index contributed by atoms with van der Waals surface area (Å²) < 4.78 is 11.6. The lowest BCUT2D eigenvalue weighted by Gasteiger charge is -2.06. The van der Waals surface area contributed by atoms with Gasteiger partial charge in [0.2, 0.25) is 22.1 Å². The van der Waals surface area contributed by atoms with Gasteiger partial charge < -0.3 is 4.42 Å². The molecule has 0 spiro atoms. The van der Waals surface area contributed by atoms with E-state index in [9.17, 15) is 0 Å². The van der Waals surface area contributed by atoms with E-state index in [1.807, 2.05) is 0 Å². The molecule has 0 unspecified atom stereocenters. The minimum Gasteiger partial charge on any atom is -0.456 e. The third-order valence-corrected chi connectivity index (χ3v) is 9.00. The predicted octanol–water partition coefficient (Wildman–Crippen LogP) is 9.19. The van der Waals surface area contributed by atoms with Crippen molar-refractivity contribution >= 4 is 65.6 Å². The maximum absolute atomic E-state index is 6.86. The van der Waals surface area contributed by atoms with Crippen LogP contribution in [-0.2, 0) is 0 Å². The zero-order valence-electron chi connectivity index (χ0n) is 24.6. The van der Waals surface area contributed by atoms with Crippen LogP contribution in [0.25, 0.3) is 65.6 Å². The van der Waals surface area contributed by atoms with Crippen molar-refractivity contribution in [3.63, 3.8) is 0 Å². The molecule has 8 aromatic rings. The Morgan fingerprint density at radius 3 is 2.10 bits per heavy atom. The number of pyridine rings is 2. The first-order valence-corrected chi connectivity index (χ1v) is 14.6. The molecule has 0 fully saturated rings. The minimum atomic E-state index is 0.872. The first kappa shape index (κ1) is 24.8. The Kier molecular flexibility index (Phi) is 5.30. The molecule has 0 saturated heterocycles. The standard InChI is InChI=1S/C39H32N2O/c1-23-15-16-30-33(18-23)40-17-9-11-25(3)39(40)32-21-37-31(20-35(32)41-22-27(5)26(4)19-34(30)41)28-12-6-7-13-29(28)38-24(2)10-8-14-36(38)42-37/h6-22H,1-5H3/q+2. The van der Waals surface area contributed by atoms with Crippen LogP contribution in [-0.4, -0.2) is 0 Å². The number of aromatic nitrogens is 2. The SMILES string of the molecule is Cc1ccc2c3cc(C)c(C)c[n+]3c3cc4c(cc3c3c(C)ccc[n+]3c2c1)oc1cccc(C)c1c1ccccc41. The van der Waals surface area contributed by atoms with Crippen molar-refractivity contribution in [3.8, 4) is 0 Å². The largest absolute Gasteiger partial charge is 0.456 e. The molecule has 3 heteroatoms. The highest BCUT2D eigenvalue weighted by Gasteiger charge is 2.23. The van der Waals surface area contributed by atoms with Crippen LogP contribution in [0.3, 0.4) is 0 Å². The van der Waals surface area contributed by atoms with Crippen molar-refractivity contribution in [2.45, 2.75) is 34.6 Å². The Balaban J connectivity index is 1.78. The number of rotatable bonds is 0. The van der Waals surface area contributed by atoms with Gasteiger partial charge >= 0.3 is 0 Å². The monoisotopic (exact) mass is 544 g/mol. The maximum Gasteiger partial charge on any atom is 0.228 e. The second-order valence-electron chi connectivity index (χ2n) is 11.8. The van der Waals surface area contributed by atoms with Gasteiger partial charge in [0.1, 0.15) is 21.9 Å². The first-order chi connectivity index (χ1) is 20.4. The van der Waals surface area contributed by atoms with E-state index in [2.05, 4.69) is 147 Å². The highest BCUT2D eigenvalue weighted by molar-refractivity contribution is 6.17. The molecule has 0 amide bonds. The topological polar surface area (TPSA) is 21.3 Å². The number of fused-ring (bicyclic) bond motifs is 13. The van der Waals surface area contributed by atoms with Crippen molar-refractivity contribution in [1.29, 1.82) is 0 Å². The molecule has 0 aliphatic carbocycles. The quantitative estimate of drug-likeness (QED) is 0.174. The Bertz CT molecular complexity index is 2520. The molecule has 4 aromatic heterocycles. The minimum absolute atomic E-state index is 0.872. The highest BCUT2D eigenvalue weighted by Crippen LogP contribution is 2.35. The third kappa shape index (κ3) is 3.53. The Morgan fingerprint density at radius 2 is 1.24 bits per heavy atom. The fourth-order valence-electron chi connectivity index (χ4n) is 6.76. The molecule has 0 radical (unpaired) electrons. The molecular weight excluding hydrogens is 512 g/mol. The molecule has 0 bridgehead atoms. The molecule has 0 atom stereocenters. The number of hydrogen-bond acceptors (Lipinski definition) is 1. The fourth-order valence-corrected chi connectivity index (χ4v) is 6.76. The number of aryl methyl sites for hydroxylation is 5.